The summed E-state index contributed by atoms with van der Waals surface area (Å²) in [6.07, 6.45) is -0.178. The molecule has 0 fully saturated rings. The lowest BCUT2D eigenvalue weighted by Gasteiger charge is -2.22. The number of ether oxygens (including phenoxy) is 1. The van der Waals surface area contributed by atoms with E-state index < -0.39 is 5.97 Å². The highest BCUT2D eigenvalue weighted by Crippen LogP contribution is 2.07. The molecule has 0 N–H and O–H groups in total. The zero-order valence-corrected chi connectivity index (χ0v) is 12.4. The molecule has 0 heterocycles. The Labute approximate surface area is 120 Å². The molecule has 0 aliphatic rings. The number of carbonyl (C=O) groups excluding carboxylic acids is 1. The van der Waals surface area contributed by atoms with Crippen LogP contribution in [0.4, 0.5) is 4.39 Å². The molecular weight excluding hydrogens is 269 g/mol. The van der Waals surface area contributed by atoms with Crippen molar-refractivity contribution < 1.29 is 13.9 Å². The number of halogens is 2. The minimum absolute atomic E-state index is 0. The van der Waals surface area contributed by atoms with Crippen molar-refractivity contribution in [2.75, 3.05) is 19.6 Å². The number of carbonyl (C=O) groups is 1. The van der Waals surface area contributed by atoms with Gasteiger partial charge in [0.15, 0.2) is 0 Å². The number of rotatable bonds is 6. The van der Waals surface area contributed by atoms with Crippen LogP contribution in [0.25, 0.3) is 0 Å². The van der Waals surface area contributed by atoms with E-state index in [9.17, 15) is 9.18 Å². The van der Waals surface area contributed by atoms with Crippen molar-refractivity contribution in [1.82, 2.24) is 4.90 Å². The first-order chi connectivity index (χ1) is 8.56. The van der Waals surface area contributed by atoms with Crippen molar-refractivity contribution in [3.8, 4) is 0 Å². The lowest BCUT2D eigenvalue weighted by Crippen LogP contribution is -2.33. The molecule has 0 radical (unpaired) electrons. The lowest BCUT2D eigenvalue weighted by atomic mass is 10.2. The molecule has 1 aromatic rings. The zero-order chi connectivity index (χ0) is 13.5. The van der Waals surface area contributed by atoms with Gasteiger partial charge in [0.2, 0.25) is 0 Å². The van der Waals surface area contributed by atoms with Crippen LogP contribution in [0.1, 0.15) is 31.1 Å². The van der Waals surface area contributed by atoms with Crippen molar-refractivity contribution in [2.45, 2.75) is 26.9 Å². The summed E-state index contributed by atoms with van der Waals surface area (Å²) in [6.45, 7) is 8.56. The largest absolute Gasteiger partial charge is 0.458 e. The van der Waals surface area contributed by atoms with E-state index in [4.69, 9.17) is 4.74 Å². The van der Waals surface area contributed by atoms with Gasteiger partial charge in [-0.15, -0.1) is 12.4 Å². The molecule has 0 aliphatic heterocycles. The third kappa shape index (κ3) is 6.03. The molecule has 108 valence electrons. The summed E-state index contributed by atoms with van der Waals surface area (Å²) in [7, 11) is 0. The molecule has 1 aromatic carbocycles. The van der Waals surface area contributed by atoms with Gasteiger partial charge in [0, 0.05) is 6.54 Å². The fourth-order valence-electron chi connectivity index (χ4n) is 1.72. The first kappa shape index (κ1) is 17.9. The smallest absolute Gasteiger partial charge is 0.338 e. The monoisotopic (exact) mass is 289 g/mol. The first-order valence-corrected chi connectivity index (χ1v) is 6.25. The number of likely N-dealkylation sites (N-methyl/N-ethyl adjacent to an activating group) is 1. The van der Waals surface area contributed by atoms with Gasteiger partial charge in [-0.05, 0) is 44.3 Å². The van der Waals surface area contributed by atoms with Crippen molar-refractivity contribution in [3.05, 3.63) is 35.6 Å². The van der Waals surface area contributed by atoms with E-state index >= 15 is 0 Å². The topological polar surface area (TPSA) is 29.5 Å². The van der Waals surface area contributed by atoms with E-state index in [1.165, 1.54) is 24.3 Å². The summed E-state index contributed by atoms with van der Waals surface area (Å²) in [5.74, 6) is -0.766. The third-order valence-corrected chi connectivity index (χ3v) is 2.80. The average molecular weight is 290 g/mol. The van der Waals surface area contributed by atoms with Crippen LogP contribution in [-0.4, -0.2) is 36.6 Å². The second kappa shape index (κ2) is 8.88. The van der Waals surface area contributed by atoms with E-state index in [2.05, 4.69) is 18.7 Å². The van der Waals surface area contributed by atoms with Crippen molar-refractivity contribution in [1.29, 1.82) is 0 Å². The fraction of sp³-hybridized carbons (Fsp3) is 0.500. The van der Waals surface area contributed by atoms with Crippen LogP contribution in [0.3, 0.4) is 0 Å². The number of hydrogen-bond donors (Lipinski definition) is 0. The Hall–Kier alpha value is -1.13. The Morgan fingerprint density at radius 2 is 1.79 bits per heavy atom. The highest BCUT2D eigenvalue weighted by molar-refractivity contribution is 5.89. The van der Waals surface area contributed by atoms with Crippen LogP contribution in [-0.2, 0) is 4.74 Å². The maximum Gasteiger partial charge on any atom is 0.338 e. The van der Waals surface area contributed by atoms with Gasteiger partial charge in [-0.25, -0.2) is 9.18 Å². The molecule has 0 saturated carbocycles. The first-order valence-electron chi connectivity index (χ1n) is 6.25. The quantitative estimate of drug-likeness (QED) is 0.754. The predicted molar refractivity (Wildman–Crippen MR) is 76.3 cm³/mol. The summed E-state index contributed by atoms with van der Waals surface area (Å²) >= 11 is 0. The van der Waals surface area contributed by atoms with Crippen LogP contribution in [0, 0.1) is 5.82 Å². The van der Waals surface area contributed by atoms with Crippen molar-refractivity contribution in [2.24, 2.45) is 0 Å². The normalized spacial score (nSPS) is 11.8. The Morgan fingerprint density at radius 1 is 1.26 bits per heavy atom. The maximum absolute atomic E-state index is 12.7. The summed E-state index contributed by atoms with van der Waals surface area (Å²) < 4.78 is 18.0. The highest BCUT2D eigenvalue weighted by Gasteiger charge is 2.14. The number of esters is 1. The second-order valence-electron chi connectivity index (χ2n) is 4.21. The van der Waals surface area contributed by atoms with Crippen molar-refractivity contribution in [3.63, 3.8) is 0 Å². The minimum Gasteiger partial charge on any atom is -0.458 e. The van der Waals surface area contributed by atoms with Gasteiger partial charge in [0.25, 0.3) is 0 Å². The Kier molecular flexibility index (Phi) is 8.35. The summed E-state index contributed by atoms with van der Waals surface area (Å²) in [6, 6.07) is 5.38. The molecular formula is C14H21ClFNO2. The third-order valence-electron chi connectivity index (χ3n) is 2.80. The number of nitrogens with zero attached hydrogens (tertiary/aromatic N) is 1. The van der Waals surface area contributed by atoms with Gasteiger partial charge in [-0.3, -0.25) is 0 Å². The van der Waals surface area contributed by atoms with Gasteiger partial charge < -0.3 is 9.64 Å². The van der Waals surface area contributed by atoms with E-state index in [1.807, 2.05) is 6.92 Å². The maximum atomic E-state index is 12.7. The second-order valence-corrected chi connectivity index (χ2v) is 4.21. The van der Waals surface area contributed by atoms with E-state index in [-0.39, 0.29) is 24.3 Å². The van der Waals surface area contributed by atoms with Gasteiger partial charge in [0.05, 0.1) is 5.56 Å². The van der Waals surface area contributed by atoms with Gasteiger partial charge in [0.1, 0.15) is 11.9 Å². The van der Waals surface area contributed by atoms with Gasteiger partial charge in [-0.2, -0.15) is 0 Å². The molecule has 0 bridgehead atoms. The minimum atomic E-state index is -0.408. The Morgan fingerprint density at radius 3 is 2.26 bits per heavy atom. The van der Waals surface area contributed by atoms with Gasteiger partial charge in [-0.1, -0.05) is 13.8 Å². The lowest BCUT2D eigenvalue weighted by molar-refractivity contribution is 0.0260. The van der Waals surface area contributed by atoms with Crippen LogP contribution in [0.5, 0.6) is 0 Å². The van der Waals surface area contributed by atoms with Crippen LogP contribution in [0.2, 0.25) is 0 Å². The number of benzene rings is 1. The number of hydrogen-bond acceptors (Lipinski definition) is 3. The van der Waals surface area contributed by atoms with E-state index in [0.717, 1.165) is 13.1 Å². The van der Waals surface area contributed by atoms with E-state index in [1.54, 1.807) is 0 Å². The molecule has 1 atom stereocenters. The average Bonchev–Trinajstić information content (AvgIpc) is 2.36. The Balaban J connectivity index is 0.00000324. The van der Waals surface area contributed by atoms with Crippen molar-refractivity contribution >= 4 is 18.4 Å². The standard InChI is InChI=1S/C14H20FNO2.ClH/c1-4-16(5-2)10-11(3)18-14(17)12-6-8-13(15)9-7-12;/h6-9,11H,4-5,10H2,1-3H3;1H. The van der Waals surface area contributed by atoms with Crippen LogP contribution >= 0.6 is 12.4 Å². The fourth-order valence-corrected chi connectivity index (χ4v) is 1.72. The van der Waals surface area contributed by atoms with Crippen LogP contribution in [0.15, 0.2) is 24.3 Å². The molecule has 0 amide bonds. The Bertz CT molecular complexity index is 380. The highest BCUT2D eigenvalue weighted by atomic mass is 35.5. The molecule has 1 unspecified atom stereocenters. The van der Waals surface area contributed by atoms with E-state index in [0.29, 0.717) is 12.1 Å². The molecule has 0 aromatic heterocycles. The summed E-state index contributed by atoms with van der Waals surface area (Å²) in [4.78, 5) is 13.9. The summed E-state index contributed by atoms with van der Waals surface area (Å²) in [5, 5.41) is 0. The molecule has 3 nitrogen and oxygen atoms in total. The molecule has 1 rings (SSSR count). The zero-order valence-electron chi connectivity index (χ0n) is 11.6. The molecule has 0 aliphatic carbocycles. The predicted octanol–water partition coefficient (Wildman–Crippen LogP) is 3.13. The molecule has 0 saturated heterocycles. The SMILES string of the molecule is CCN(CC)CC(C)OC(=O)c1ccc(F)cc1.Cl. The summed E-state index contributed by atoms with van der Waals surface area (Å²) in [5.41, 5.74) is 0.378. The molecule has 0 spiro atoms. The van der Waals surface area contributed by atoms with Gasteiger partial charge >= 0.3 is 5.97 Å². The van der Waals surface area contributed by atoms with Crippen LogP contribution < -0.4 is 0 Å². The molecule has 5 heteroatoms. The molecule has 19 heavy (non-hydrogen) atoms.